The lowest BCUT2D eigenvalue weighted by molar-refractivity contribution is -0.157. The maximum atomic E-state index is 12.6. The fourth-order valence-electron chi connectivity index (χ4n) is 3.05. The predicted octanol–water partition coefficient (Wildman–Crippen LogP) is 3.57. The number of likely N-dealkylation sites (tertiary alicyclic amines) is 1. The molecule has 1 heterocycles. The zero-order valence-corrected chi connectivity index (χ0v) is 17.5. The van der Waals surface area contributed by atoms with E-state index in [9.17, 15) is 14.4 Å². The third kappa shape index (κ3) is 5.71. The molecule has 0 spiro atoms. The Kier molecular flexibility index (Phi) is 6.69. The lowest BCUT2D eigenvalue weighted by atomic mass is 10.1. The Morgan fingerprint density at radius 1 is 1.21 bits per heavy atom. The smallest absolute Gasteiger partial charge is 0.411 e. The van der Waals surface area contributed by atoms with Crippen molar-refractivity contribution in [2.45, 2.75) is 72.1 Å². The van der Waals surface area contributed by atoms with Gasteiger partial charge in [-0.1, -0.05) is 17.7 Å². The molecule has 0 saturated carbocycles. The number of carbonyl (C=O) groups excluding carboxylic acids is 3. The average Bonchev–Trinajstić information content (AvgIpc) is 3.05. The van der Waals surface area contributed by atoms with Crippen molar-refractivity contribution in [3.63, 3.8) is 0 Å². The van der Waals surface area contributed by atoms with Gasteiger partial charge in [0.05, 0.1) is 0 Å². The molecular weight excluding hydrogens is 360 g/mol. The Balaban J connectivity index is 1.96. The van der Waals surface area contributed by atoms with Crippen molar-refractivity contribution in [2.24, 2.45) is 0 Å². The number of hydrogen-bond donors (Lipinski definition) is 1. The first-order valence-electron chi connectivity index (χ1n) is 9.56. The predicted molar refractivity (Wildman–Crippen MR) is 106 cm³/mol. The molecule has 154 valence electrons. The van der Waals surface area contributed by atoms with Gasteiger partial charge >= 0.3 is 12.1 Å². The minimum absolute atomic E-state index is 0.415. The second-order valence-corrected chi connectivity index (χ2v) is 8.22. The van der Waals surface area contributed by atoms with Crippen molar-refractivity contribution in [2.75, 3.05) is 11.9 Å². The summed E-state index contributed by atoms with van der Waals surface area (Å²) in [5.41, 5.74) is 2.06. The quantitative estimate of drug-likeness (QED) is 0.795. The van der Waals surface area contributed by atoms with Crippen LogP contribution in [0.4, 0.5) is 10.5 Å². The molecule has 28 heavy (non-hydrogen) atoms. The van der Waals surface area contributed by atoms with Crippen LogP contribution in [0.2, 0.25) is 0 Å². The Morgan fingerprint density at radius 2 is 1.89 bits per heavy atom. The van der Waals surface area contributed by atoms with Gasteiger partial charge in [-0.25, -0.2) is 9.59 Å². The van der Waals surface area contributed by atoms with E-state index in [2.05, 4.69) is 5.32 Å². The minimum Gasteiger partial charge on any atom is -0.451 e. The molecule has 7 heteroatoms. The molecule has 1 aliphatic heterocycles. The van der Waals surface area contributed by atoms with Crippen molar-refractivity contribution in [1.29, 1.82) is 0 Å². The SMILES string of the molecule is Cc1ccc(NC(=O)[C@@H](C)OC(=O)[C@@H]2CCCN2C(=O)OC(C)(C)C)c(C)c1. The number of rotatable bonds is 4. The molecular formula is C21H30N2O5. The zero-order valence-electron chi connectivity index (χ0n) is 17.5. The molecule has 0 bridgehead atoms. The van der Waals surface area contributed by atoms with Crippen LogP contribution >= 0.6 is 0 Å². The number of amides is 2. The molecule has 2 amide bonds. The monoisotopic (exact) mass is 390 g/mol. The summed E-state index contributed by atoms with van der Waals surface area (Å²) in [7, 11) is 0. The Morgan fingerprint density at radius 3 is 2.50 bits per heavy atom. The van der Waals surface area contributed by atoms with Gasteiger partial charge in [-0.2, -0.15) is 0 Å². The van der Waals surface area contributed by atoms with Crippen LogP contribution in [0.1, 0.15) is 51.7 Å². The molecule has 0 aliphatic carbocycles. The molecule has 7 nitrogen and oxygen atoms in total. The highest BCUT2D eigenvalue weighted by atomic mass is 16.6. The van der Waals surface area contributed by atoms with Gasteiger partial charge in [0, 0.05) is 12.2 Å². The van der Waals surface area contributed by atoms with E-state index in [1.54, 1.807) is 20.8 Å². The maximum absolute atomic E-state index is 12.6. The van der Waals surface area contributed by atoms with Crippen LogP contribution in [0.3, 0.4) is 0 Å². The number of benzene rings is 1. The third-order valence-corrected chi connectivity index (χ3v) is 4.45. The number of aryl methyl sites for hydroxylation is 2. The Labute approximate surface area is 166 Å². The highest BCUT2D eigenvalue weighted by molar-refractivity contribution is 5.96. The number of ether oxygens (including phenoxy) is 2. The van der Waals surface area contributed by atoms with E-state index in [1.165, 1.54) is 11.8 Å². The fourth-order valence-corrected chi connectivity index (χ4v) is 3.05. The number of carbonyl (C=O) groups is 3. The van der Waals surface area contributed by atoms with Crippen LogP contribution in [0.15, 0.2) is 18.2 Å². The van der Waals surface area contributed by atoms with Gasteiger partial charge in [0.15, 0.2) is 6.10 Å². The van der Waals surface area contributed by atoms with Crippen molar-refractivity contribution in [3.8, 4) is 0 Å². The molecule has 1 fully saturated rings. The number of hydrogen-bond acceptors (Lipinski definition) is 5. The first-order chi connectivity index (χ1) is 13.0. The van der Waals surface area contributed by atoms with Crippen LogP contribution in [0.25, 0.3) is 0 Å². The van der Waals surface area contributed by atoms with Crippen LogP contribution < -0.4 is 5.32 Å². The molecule has 2 atom stereocenters. The van der Waals surface area contributed by atoms with Crippen molar-refractivity contribution in [1.82, 2.24) is 4.90 Å². The highest BCUT2D eigenvalue weighted by Gasteiger charge is 2.38. The van der Waals surface area contributed by atoms with Crippen LogP contribution in [0.5, 0.6) is 0 Å². The molecule has 1 N–H and O–H groups in total. The molecule has 0 unspecified atom stereocenters. The van der Waals surface area contributed by atoms with Gasteiger partial charge in [0.25, 0.3) is 5.91 Å². The minimum atomic E-state index is -0.978. The molecule has 1 aliphatic rings. The number of nitrogens with zero attached hydrogens (tertiary/aromatic N) is 1. The summed E-state index contributed by atoms with van der Waals surface area (Å²) in [6.45, 7) is 11.1. The van der Waals surface area contributed by atoms with E-state index in [0.717, 1.165) is 11.1 Å². The van der Waals surface area contributed by atoms with Crippen LogP contribution in [0, 0.1) is 13.8 Å². The van der Waals surface area contributed by atoms with E-state index in [1.807, 2.05) is 32.0 Å². The van der Waals surface area contributed by atoms with Gasteiger partial charge in [-0.15, -0.1) is 0 Å². The summed E-state index contributed by atoms with van der Waals surface area (Å²) in [4.78, 5) is 38.7. The van der Waals surface area contributed by atoms with Crippen molar-refractivity contribution >= 4 is 23.7 Å². The van der Waals surface area contributed by atoms with Gasteiger partial charge in [0.2, 0.25) is 0 Å². The lowest BCUT2D eigenvalue weighted by Crippen LogP contribution is -2.45. The zero-order chi connectivity index (χ0) is 21.1. The van der Waals surface area contributed by atoms with Crippen molar-refractivity contribution in [3.05, 3.63) is 29.3 Å². The molecule has 2 rings (SSSR count). The summed E-state index contributed by atoms with van der Waals surface area (Å²) < 4.78 is 10.7. The van der Waals surface area contributed by atoms with Crippen LogP contribution in [-0.2, 0) is 19.1 Å². The Bertz CT molecular complexity index is 754. The van der Waals surface area contributed by atoms with Gasteiger partial charge < -0.3 is 14.8 Å². The van der Waals surface area contributed by atoms with E-state index in [0.29, 0.717) is 25.1 Å². The number of esters is 1. The van der Waals surface area contributed by atoms with E-state index in [-0.39, 0.29) is 0 Å². The molecule has 0 aromatic heterocycles. The Hall–Kier alpha value is -2.57. The molecule has 1 aromatic rings. The van der Waals surface area contributed by atoms with Gasteiger partial charge in [-0.05, 0) is 66.0 Å². The average molecular weight is 390 g/mol. The summed E-state index contributed by atoms with van der Waals surface area (Å²) >= 11 is 0. The summed E-state index contributed by atoms with van der Waals surface area (Å²) in [6, 6.07) is 4.95. The molecule has 1 aromatic carbocycles. The van der Waals surface area contributed by atoms with E-state index in [4.69, 9.17) is 9.47 Å². The number of nitrogens with one attached hydrogen (secondary N) is 1. The lowest BCUT2D eigenvalue weighted by Gasteiger charge is -2.28. The molecule has 0 radical (unpaired) electrons. The second kappa shape index (κ2) is 8.63. The summed E-state index contributed by atoms with van der Waals surface area (Å²) in [5, 5.41) is 2.78. The molecule has 1 saturated heterocycles. The number of anilines is 1. The fraction of sp³-hybridized carbons (Fsp3) is 0.571. The maximum Gasteiger partial charge on any atom is 0.411 e. The van der Waals surface area contributed by atoms with E-state index >= 15 is 0 Å². The van der Waals surface area contributed by atoms with Crippen LogP contribution in [-0.4, -0.2) is 47.2 Å². The first-order valence-corrected chi connectivity index (χ1v) is 9.56. The topological polar surface area (TPSA) is 84.9 Å². The van der Waals surface area contributed by atoms with Gasteiger partial charge in [-0.3, -0.25) is 9.69 Å². The van der Waals surface area contributed by atoms with Crippen molar-refractivity contribution < 1.29 is 23.9 Å². The summed E-state index contributed by atoms with van der Waals surface area (Å²) in [5.74, 6) is -1.01. The first kappa shape index (κ1) is 21.7. The largest absolute Gasteiger partial charge is 0.451 e. The van der Waals surface area contributed by atoms with E-state index < -0.39 is 35.7 Å². The normalized spacial score (nSPS) is 17.8. The summed E-state index contributed by atoms with van der Waals surface area (Å²) in [6.07, 6.45) is -0.348. The third-order valence-electron chi connectivity index (χ3n) is 4.45. The second-order valence-electron chi connectivity index (χ2n) is 8.22. The highest BCUT2D eigenvalue weighted by Crippen LogP contribution is 2.22. The van der Waals surface area contributed by atoms with Gasteiger partial charge in [0.1, 0.15) is 11.6 Å². The standard InChI is InChI=1S/C21H30N2O5/c1-13-9-10-16(14(2)12-13)22-18(24)15(3)27-19(25)17-8-7-11-23(17)20(26)28-21(4,5)6/h9-10,12,15,17H,7-8,11H2,1-6H3,(H,22,24)/t15-,17+/m1/s1.